The number of carbonyl (C=O) groups is 1. The van der Waals surface area contributed by atoms with Gasteiger partial charge in [0.15, 0.2) is 0 Å². The maximum Gasteiger partial charge on any atom is 0.325 e. The van der Waals surface area contributed by atoms with Gasteiger partial charge in [-0.3, -0.25) is 14.7 Å². The fourth-order valence-electron chi connectivity index (χ4n) is 3.43. The normalized spacial score (nSPS) is 18.7. The molecule has 0 aliphatic carbocycles. The Kier molecular flexibility index (Phi) is 4.83. The number of piperidine rings is 1. The number of aliphatic hydroxyl groups is 1. The number of aromatic nitrogens is 1. The van der Waals surface area contributed by atoms with Gasteiger partial charge >= 0.3 is 5.97 Å². The third-order valence-electron chi connectivity index (χ3n) is 4.92. The number of rotatable bonds is 4. The molecule has 2 N–H and O–H groups in total. The summed E-state index contributed by atoms with van der Waals surface area (Å²) >= 11 is 0. The molecule has 0 amide bonds. The fraction of sp³-hybridized carbons (Fsp3) is 0.368. The van der Waals surface area contributed by atoms with E-state index in [-0.39, 0.29) is 5.82 Å². The first-order valence-corrected chi connectivity index (χ1v) is 8.26. The average molecular weight is 344 g/mol. The van der Waals surface area contributed by atoms with Crippen LogP contribution in [0.3, 0.4) is 0 Å². The lowest BCUT2D eigenvalue weighted by Gasteiger charge is -2.40. The van der Waals surface area contributed by atoms with E-state index in [9.17, 15) is 19.4 Å². The Balaban J connectivity index is 1.79. The number of carboxylic acids is 1. The Labute approximate surface area is 145 Å². The van der Waals surface area contributed by atoms with Crippen molar-refractivity contribution in [2.75, 3.05) is 13.1 Å². The van der Waals surface area contributed by atoms with Gasteiger partial charge in [0.05, 0.1) is 5.60 Å². The van der Waals surface area contributed by atoms with E-state index in [1.807, 2.05) is 11.0 Å². The monoisotopic (exact) mass is 344 g/mol. The van der Waals surface area contributed by atoms with Crippen LogP contribution in [-0.2, 0) is 10.4 Å². The van der Waals surface area contributed by atoms with Crippen molar-refractivity contribution < 1.29 is 19.4 Å². The van der Waals surface area contributed by atoms with E-state index >= 15 is 0 Å². The van der Waals surface area contributed by atoms with Crippen LogP contribution < -0.4 is 0 Å². The third-order valence-corrected chi connectivity index (χ3v) is 4.92. The SMILES string of the molecule is Cc1cc(C(C(=O)O)N2CCC(O)(c3cccnc3)CC2)ccc1F. The van der Waals surface area contributed by atoms with Gasteiger partial charge in [0.1, 0.15) is 11.9 Å². The number of aryl methyl sites for hydroxylation is 1. The highest BCUT2D eigenvalue weighted by atomic mass is 19.1. The lowest BCUT2D eigenvalue weighted by atomic mass is 9.84. The molecule has 5 nitrogen and oxygen atoms in total. The number of nitrogens with zero attached hydrogens (tertiary/aromatic N) is 2. The maximum atomic E-state index is 13.5. The highest BCUT2D eigenvalue weighted by molar-refractivity contribution is 5.75. The molecule has 1 unspecified atom stereocenters. The van der Waals surface area contributed by atoms with Crippen LogP contribution in [0.1, 0.15) is 35.6 Å². The molecular weight excluding hydrogens is 323 g/mol. The minimum Gasteiger partial charge on any atom is -0.480 e. The number of hydrogen-bond acceptors (Lipinski definition) is 4. The van der Waals surface area contributed by atoms with Crippen LogP contribution in [0.25, 0.3) is 0 Å². The molecule has 1 atom stereocenters. The highest BCUT2D eigenvalue weighted by Gasteiger charge is 2.38. The molecule has 0 radical (unpaired) electrons. The molecule has 25 heavy (non-hydrogen) atoms. The van der Waals surface area contributed by atoms with Crippen molar-refractivity contribution in [3.8, 4) is 0 Å². The van der Waals surface area contributed by atoms with Crippen LogP contribution >= 0.6 is 0 Å². The zero-order valence-corrected chi connectivity index (χ0v) is 14.0. The van der Waals surface area contributed by atoms with E-state index < -0.39 is 17.6 Å². The van der Waals surface area contributed by atoms with E-state index in [2.05, 4.69) is 4.98 Å². The van der Waals surface area contributed by atoms with Crippen LogP contribution in [0.5, 0.6) is 0 Å². The first-order chi connectivity index (χ1) is 11.9. The van der Waals surface area contributed by atoms with Crippen molar-refractivity contribution in [3.63, 3.8) is 0 Å². The van der Waals surface area contributed by atoms with Crippen molar-refractivity contribution in [3.05, 3.63) is 65.2 Å². The van der Waals surface area contributed by atoms with Gasteiger partial charge < -0.3 is 10.2 Å². The summed E-state index contributed by atoms with van der Waals surface area (Å²) in [6.07, 6.45) is 4.14. The molecule has 2 heterocycles. The molecule has 0 saturated carbocycles. The van der Waals surface area contributed by atoms with E-state index in [1.165, 1.54) is 12.1 Å². The van der Waals surface area contributed by atoms with E-state index in [4.69, 9.17) is 0 Å². The van der Waals surface area contributed by atoms with Gasteiger partial charge in [-0.15, -0.1) is 0 Å². The summed E-state index contributed by atoms with van der Waals surface area (Å²) < 4.78 is 13.5. The molecule has 1 aliphatic heterocycles. The van der Waals surface area contributed by atoms with Crippen molar-refractivity contribution in [2.45, 2.75) is 31.4 Å². The zero-order chi connectivity index (χ0) is 18.0. The Hall–Kier alpha value is -2.31. The predicted molar refractivity (Wildman–Crippen MR) is 90.5 cm³/mol. The molecule has 2 aromatic rings. The molecule has 1 aromatic carbocycles. The summed E-state index contributed by atoms with van der Waals surface area (Å²) in [6.45, 7) is 2.48. The summed E-state index contributed by atoms with van der Waals surface area (Å²) in [6, 6.07) is 7.16. The Morgan fingerprint density at radius 1 is 1.32 bits per heavy atom. The minimum absolute atomic E-state index is 0.350. The second kappa shape index (κ2) is 6.90. The molecule has 1 saturated heterocycles. The lowest BCUT2D eigenvalue weighted by molar-refractivity contribution is -0.146. The average Bonchev–Trinajstić information content (AvgIpc) is 2.60. The standard InChI is InChI=1S/C19H21FN2O3/c1-13-11-14(4-5-16(13)20)17(18(23)24)22-9-6-19(25,7-10-22)15-3-2-8-21-12-15/h2-5,8,11-12,17,25H,6-7,9-10H2,1H3,(H,23,24). The quantitative estimate of drug-likeness (QED) is 0.892. The number of benzene rings is 1. The summed E-state index contributed by atoms with van der Waals surface area (Å²) in [4.78, 5) is 17.7. The van der Waals surface area contributed by atoms with Gasteiger partial charge in [-0.05, 0) is 43.0 Å². The molecule has 1 aromatic heterocycles. The molecular formula is C19H21FN2O3. The lowest BCUT2D eigenvalue weighted by Crippen LogP contribution is -2.46. The molecule has 1 aliphatic rings. The first kappa shape index (κ1) is 17.5. The first-order valence-electron chi connectivity index (χ1n) is 8.26. The number of aliphatic carboxylic acids is 1. The molecule has 0 bridgehead atoms. The molecule has 6 heteroatoms. The van der Waals surface area contributed by atoms with Gasteiger partial charge in [0.2, 0.25) is 0 Å². The van der Waals surface area contributed by atoms with Crippen molar-refractivity contribution in [2.24, 2.45) is 0 Å². The number of carboxylic acid groups (broad SMARTS) is 1. The van der Waals surface area contributed by atoms with Crippen LogP contribution in [0.15, 0.2) is 42.7 Å². The second-order valence-corrected chi connectivity index (χ2v) is 6.56. The predicted octanol–water partition coefficient (Wildman–Crippen LogP) is 2.64. The van der Waals surface area contributed by atoms with Gasteiger partial charge in [0.25, 0.3) is 0 Å². The summed E-state index contributed by atoms with van der Waals surface area (Å²) in [5.74, 6) is -1.32. The van der Waals surface area contributed by atoms with E-state index in [1.54, 1.807) is 31.5 Å². The Bertz CT molecular complexity index is 759. The third kappa shape index (κ3) is 3.55. The van der Waals surface area contributed by atoms with Crippen molar-refractivity contribution in [1.82, 2.24) is 9.88 Å². The van der Waals surface area contributed by atoms with E-state index in [0.717, 1.165) is 5.56 Å². The number of halogens is 1. The molecule has 3 rings (SSSR count). The topological polar surface area (TPSA) is 73.7 Å². The zero-order valence-electron chi connectivity index (χ0n) is 14.0. The molecule has 0 spiro atoms. The van der Waals surface area contributed by atoms with Crippen molar-refractivity contribution in [1.29, 1.82) is 0 Å². The van der Waals surface area contributed by atoms with Gasteiger partial charge in [-0.2, -0.15) is 0 Å². The largest absolute Gasteiger partial charge is 0.480 e. The van der Waals surface area contributed by atoms with Crippen molar-refractivity contribution >= 4 is 5.97 Å². The molecule has 1 fully saturated rings. The van der Waals surface area contributed by atoms with Gasteiger partial charge in [-0.25, -0.2) is 4.39 Å². The van der Waals surface area contributed by atoms with Crippen LogP contribution in [0.4, 0.5) is 4.39 Å². The van der Waals surface area contributed by atoms with Gasteiger partial charge in [-0.1, -0.05) is 18.2 Å². The Morgan fingerprint density at radius 2 is 2.04 bits per heavy atom. The number of hydrogen-bond donors (Lipinski definition) is 2. The fourth-order valence-corrected chi connectivity index (χ4v) is 3.43. The molecule has 132 valence electrons. The summed E-state index contributed by atoms with van der Waals surface area (Å²) in [5, 5.41) is 20.5. The second-order valence-electron chi connectivity index (χ2n) is 6.56. The van der Waals surface area contributed by atoms with Crippen LogP contribution in [0.2, 0.25) is 0 Å². The Morgan fingerprint density at radius 3 is 2.60 bits per heavy atom. The van der Waals surface area contributed by atoms with Gasteiger partial charge in [0, 0.05) is 31.0 Å². The summed E-state index contributed by atoms with van der Waals surface area (Å²) in [7, 11) is 0. The van der Waals surface area contributed by atoms with Crippen LogP contribution in [-0.4, -0.2) is 39.2 Å². The van der Waals surface area contributed by atoms with E-state index in [0.29, 0.717) is 37.1 Å². The van der Waals surface area contributed by atoms with Crippen LogP contribution in [0, 0.1) is 12.7 Å². The highest BCUT2D eigenvalue weighted by Crippen LogP contribution is 2.35. The minimum atomic E-state index is -0.994. The summed E-state index contributed by atoms with van der Waals surface area (Å²) in [5.41, 5.74) is 0.733. The maximum absolute atomic E-state index is 13.5. The smallest absolute Gasteiger partial charge is 0.325 e. The number of likely N-dealkylation sites (tertiary alicyclic amines) is 1. The number of pyridine rings is 1.